The molecule has 0 amide bonds. The van der Waals surface area contributed by atoms with Gasteiger partial charge in [-0.1, -0.05) is 137 Å². The van der Waals surface area contributed by atoms with Crippen LogP contribution in [0.1, 0.15) is 63.8 Å². The number of fused-ring (bicyclic) bond motifs is 7. The Kier molecular flexibility index (Phi) is 10.3. The van der Waals surface area contributed by atoms with Crippen molar-refractivity contribution in [2.75, 3.05) is 9.80 Å². The van der Waals surface area contributed by atoms with Gasteiger partial charge in [-0.05, 0) is 112 Å². The summed E-state index contributed by atoms with van der Waals surface area (Å²) >= 11 is 0. The van der Waals surface area contributed by atoms with Crippen LogP contribution in [0.5, 0.6) is 11.5 Å². The minimum atomic E-state index is -0.0386. The minimum absolute atomic E-state index is 0. The first-order valence-electron chi connectivity index (χ1n) is 22.1. The number of pyridine rings is 1. The molecule has 0 unspecified atom stereocenters. The fourth-order valence-electron chi connectivity index (χ4n) is 9.60. The molecule has 1 aliphatic heterocycles. The molecule has 7 heteroatoms. The molecule has 4 heterocycles. The molecule has 65 heavy (non-hydrogen) atoms. The molecule has 0 N–H and O–H groups in total. The van der Waals surface area contributed by atoms with E-state index in [9.17, 15) is 0 Å². The number of para-hydroxylation sites is 5. The van der Waals surface area contributed by atoms with E-state index < -0.39 is 0 Å². The minimum Gasteiger partial charge on any atom is -0.509 e. The Morgan fingerprint density at radius 1 is 0.538 bits per heavy atom. The molecule has 0 atom stereocenters. The third-order valence-corrected chi connectivity index (χ3v) is 12.8. The molecule has 6 nitrogen and oxygen atoms in total. The van der Waals surface area contributed by atoms with Gasteiger partial charge in [0.15, 0.2) is 0 Å². The number of hydrogen-bond donors (Lipinski definition) is 0. The van der Waals surface area contributed by atoms with E-state index in [0.29, 0.717) is 11.5 Å². The summed E-state index contributed by atoms with van der Waals surface area (Å²) in [5, 5.41) is 4.41. The quantitative estimate of drug-likeness (QED) is 0.156. The topological polar surface area (TPSA) is 38.5 Å². The number of anilines is 4. The third kappa shape index (κ3) is 7.10. The van der Waals surface area contributed by atoms with Crippen molar-refractivity contribution in [1.82, 2.24) is 14.1 Å². The van der Waals surface area contributed by atoms with Gasteiger partial charge in [0.05, 0.1) is 0 Å². The van der Waals surface area contributed by atoms with Crippen molar-refractivity contribution in [3.8, 4) is 23.0 Å². The maximum absolute atomic E-state index is 7.00. The van der Waals surface area contributed by atoms with Crippen LogP contribution in [0.15, 0.2) is 152 Å². The molecular formula is C58H50N5OPt-3. The van der Waals surface area contributed by atoms with E-state index >= 15 is 0 Å². The van der Waals surface area contributed by atoms with Crippen molar-refractivity contribution in [2.45, 2.75) is 66.2 Å². The largest absolute Gasteiger partial charge is 0.509 e. The molecule has 7 aromatic carbocycles. The summed E-state index contributed by atoms with van der Waals surface area (Å²) in [6, 6.07) is 59.3. The van der Waals surface area contributed by atoms with E-state index in [1.165, 1.54) is 27.9 Å². The van der Waals surface area contributed by atoms with Crippen LogP contribution in [0.4, 0.5) is 22.7 Å². The number of rotatable bonds is 6. The second-order valence-electron chi connectivity index (χ2n) is 19.2. The van der Waals surface area contributed by atoms with Gasteiger partial charge in [0.25, 0.3) is 0 Å². The molecule has 0 spiro atoms. The van der Waals surface area contributed by atoms with Crippen molar-refractivity contribution >= 4 is 66.4 Å². The van der Waals surface area contributed by atoms with Crippen LogP contribution in [-0.2, 0) is 31.9 Å². The summed E-state index contributed by atoms with van der Waals surface area (Å²) in [5.74, 6) is 2.03. The second kappa shape index (κ2) is 15.8. The van der Waals surface area contributed by atoms with Crippen LogP contribution in [0.3, 0.4) is 0 Å². The first-order valence-corrected chi connectivity index (χ1v) is 22.1. The molecule has 11 rings (SSSR count). The molecule has 1 aliphatic rings. The van der Waals surface area contributed by atoms with Crippen LogP contribution in [0.25, 0.3) is 55.1 Å². The zero-order valence-electron chi connectivity index (χ0n) is 38.0. The molecule has 0 aliphatic carbocycles. The predicted octanol–water partition coefficient (Wildman–Crippen LogP) is 15.3. The van der Waals surface area contributed by atoms with Gasteiger partial charge in [-0.3, -0.25) is 0 Å². The summed E-state index contributed by atoms with van der Waals surface area (Å²) in [4.78, 5) is 9.54. The molecule has 10 aromatic rings. The average Bonchev–Trinajstić information content (AvgIpc) is 3.94. The van der Waals surface area contributed by atoms with Gasteiger partial charge in [-0.2, -0.15) is 6.07 Å². The molecule has 0 bridgehead atoms. The molecule has 3 aromatic heterocycles. The van der Waals surface area contributed by atoms with Gasteiger partial charge < -0.3 is 23.7 Å². The van der Waals surface area contributed by atoms with E-state index in [4.69, 9.17) is 9.72 Å². The van der Waals surface area contributed by atoms with Gasteiger partial charge in [0.1, 0.15) is 5.82 Å². The Balaban J connectivity index is 0.00000498. The van der Waals surface area contributed by atoms with E-state index in [0.717, 1.165) is 72.2 Å². The Bertz CT molecular complexity index is 3440. The van der Waals surface area contributed by atoms with E-state index in [1.54, 1.807) is 0 Å². The van der Waals surface area contributed by atoms with Crippen molar-refractivity contribution in [3.63, 3.8) is 0 Å². The third-order valence-electron chi connectivity index (χ3n) is 12.8. The maximum atomic E-state index is 7.00. The molecule has 0 fully saturated rings. The van der Waals surface area contributed by atoms with E-state index in [1.807, 2.05) is 12.3 Å². The number of aryl methyl sites for hydroxylation is 2. The summed E-state index contributed by atoms with van der Waals surface area (Å²) in [7, 11) is 0. The van der Waals surface area contributed by atoms with E-state index in [2.05, 4.69) is 233 Å². The van der Waals surface area contributed by atoms with Gasteiger partial charge >= 0.3 is 0 Å². The number of nitrogens with zero attached hydrogens (tertiary/aromatic N) is 5. The van der Waals surface area contributed by atoms with Crippen LogP contribution < -0.4 is 14.5 Å². The second-order valence-corrected chi connectivity index (χ2v) is 19.2. The summed E-state index contributed by atoms with van der Waals surface area (Å²) in [6.45, 7) is 20.2. The summed E-state index contributed by atoms with van der Waals surface area (Å²) < 4.78 is 11.6. The monoisotopic (exact) mass is 1030 g/mol. The van der Waals surface area contributed by atoms with E-state index in [-0.39, 0.29) is 31.9 Å². The van der Waals surface area contributed by atoms with Crippen LogP contribution >= 0.6 is 0 Å². The molecule has 0 radical (unpaired) electrons. The number of ether oxygens (including phenoxy) is 1. The molecular weight excluding hydrogens is 978 g/mol. The fraction of sp³-hybridized carbons (Fsp3) is 0.172. The van der Waals surface area contributed by atoms with Crippen molar-refractivity contribution in [1.29, 1.82) is 0 Å². The Morgan fingerprint density at radius 2 is 1.14 bits per heavy atom. The fourth-order valence-corrected chi connectivity index (χ4v) is 9.60. The smallest absolute Gasteiger partial charge is 0.135 e. The Hall–Kier alpha value is -6.62. The van der Waals surface area contributed by atoms with Crippen LogP contribution in [0.2, 0.25) is 0 Å². The summed E-state index contributed by atoms with van der Waals surface area (Å²) in [5.41, 5.74) is 14.4. The van der Waals surface area contributed by atoms with Gasteiger partial charge in [-0.25, -0.2) is 4.98 Å². The first-order chi connectivity index (χ1) is 30.8. The average molecular weight is 1030 g/mol. The van der Waals surface area contributed by atoms with Gasteiger partial charge in [0, 0.05) is 72.5 Å². The number of hydrogen-bond acceptors (Lipinski definition) is 4. The Morgan fingerprint density at radius 3 is 1.82 bits per heavy atom. The normalized spacial score (nSPS) is 13.0. The van der Waals surface area contributed by atoms with Crippen LogP contribution in [-0.4, -0.2) is 14.1 Å². The Labute approximate surface area is 396 Å². The zero-order chi connectivity index (χ0) is 44.1. The van der Waals surface area contributed by atoms with Gasteiger partial charge in [-0.15, -0.1) is 36.3 Å². The van der Waals surface area contributed by atoms with Crippen molar-refractivity contribution in [2.24, 2.45) is 0 Å². The van der Waals surface area contributed by atoms with Gasteiger partial charge in [0.2, 0.25) is 0 Å². The van der Waals surface area contributed by atoms with Crippen molar-refractivity contribution in [3.05, 3.63) is 193 Å². The SMILES string of the molecule is Cc1cc(C(C)(C)C)cc(C)c1N1[CH-]N(c2[c-]c(Oc3[c-]c4c(cc3)c3ccccc3n4-c3cc(C(C)(C)C)ccn3)cc3c4ccccc4n(-c4ccccc4)c23)c2ccccc21.[Pt]. The molecule has 326 valence electrons. The number of benzene rings is 7. The van der Waals surface area contributed by atoms with Crippen LogP contribution in [0, 0.1) is 32.6 Å². The summed E-state index contributed by atoms with van der Waals surface area (Å²) in [6.07, 6.45) is 1.91. The maximum Gasteiger partial charge on any atom is 0.135 e. The molecule has 0 saturated heterocycles. The number of aromatic nitrogens is 3. The standard InChI is InChI=1S/C58H50N5O.Pt/c1-37-30-40(58(6,7)8)31-38(2)55(37)61-36-60(50-24-16-17-25-51(50)61)53-35-43(33-47-45-21-13-14-22-48(45)62(56(47)53)41-18-10-9-11-19-41)64-42-26-27-46-44-20-12-15-23-49(44)63(52(46)34-42)54-32-39(28-29-59-54)57(3,4)5;/h9-33,36H,1-8H3;/q-3;. The predicted molar refractivity (Wildman–Crippen MR) is 265 cm³/mol. The van der Waals surface area contributed by atoms with Crippen molar-refractivity contribution < 1.29 is 25.8 Å². The first kappa shape index (κ1) is 42.3. The molecule has 0 saturated carbocycles. The zero-order valence-corrected chi connectivity index (χ0v) is 40.2.